The summed E-state index contributed by atoms with van der Waals surface area (Å²) >= 11 is 0. The number of nitrogens with one attached hydrogen (secondary N) is 1. The summed E-state index contributed by atoms with van der Waals surface area (Å²) in [4.78, 5) is 15.6. The fraction of sp³-hybridized carbons (Fsp3) is 0.889. The van der Waals surface area contributed by atoms with Crippen molar-refractivity contribution in [2.75, 3.05) is 20.7 Å². The van der Waals surface area contributed by atoms with E-state index in [0.717, 1.165) is 11.5 Å². The molecule has 0 saturated heterocycles. The number of rotatable bonds is 6. The molecule has 0 heterocycles. The van der Waals surface area contributed by atoms with Gasteiger partial charge in [-0.15, -0.1) is 0 Å². The Bertz CT molecular complexity index is 173. The van der Waals surface area contributed by atoms with Crippen LogP contribution in [0.4, 0.5) is 4.79 Å². The van der Waals surface area contributed by atoms with Crippen LogP contribution in [0.2, 0.25) is 0 Å². The van der Waals surface area contributed by atoms with Crippen LogP contribution < -0.4 is 5.32 Å². The van der Waals surface area contributed by atoms with Crippen molar-refractivity contribution >= 4 is 6.09 Å². The second-order valence-corrected chi connectivity index (χ2v) is 3.63. The highest BCUT2D eigenvalue weighted by Crippen LogP contribution is 2.11. The van der Waals surface area contributed by atoms with Crippen LogP contribution in [0.15, 0.2) is 0 Å². The quantitative estimate of drug-likeness (QED) is 0.637. The Labute approximate surface area is 85.0 Å². The zero-order valence-corrected chi connectivity index (χ0v) is 9.28. The second-order valence-electron chi connectivity index (χ2n) is 3.63. The van der Waals surface area contributed by atoms with Crippen LogP contribution in [-0.4, -0.2) is 43.0 Å². The smallest absolute Gasteiger partial charge is 0.431 e. The molecule has 0 aromatic carbocycles. The molecule has 0 aromatic heterocycles. The van der Waals surface area contributed by atoms with Gasteiger partial charge in [0.2, 0.25) is 0 Å². The van der Waals surface area contributed by atoms with E-state index in [4.69, 9.17) is 9.94 Å². The lowest BCUT2D eigenvalue weighted by Gasteiger charge is -2.27. The minimum absolute atomic E-state index is 0.137. The number of carboxylic acid groups (broad SMARTS) is 1. The van der Waals surface area contributed by atoms with Crippen LogP contribution in [0.5, 0.6) is 0 Å². The predicted molar refractivity (Wildman–Crippen MR) is 54.0 cm³/mol. The van der Waals surface area contributed by atoms with E-state index in [1.165, 1.54) is 7.11 Å². The molecule has 0 radical (unpaired) electrons. The molecule has 0 aromatic rings. The van der Waals surface area contributed by atoms with Crippen LogP contribution in [-0.2, 0) is 4.84 Å². The molecule has 0 saturated carbocycles. The van der Waals surface area contributed by atoms with E-state index in [2.05, 4.69) is 19.2 Å². The average molecular weight is 204 g/mol. The topological polar surface area (TPSA) is 61.8 Å². The number of hydrogen-bond donors (Lipinski definition) is 2. The molecule has 0 aliphatic heterocycles. The normalized spacial score (nSPS) is 12.9. The lowest BCUT2D eigenvalue weighted by Crippen LogP contribution is -2.44. The Kier molecular flexibility index (Phi) is 6.23. The van der Waals surface area contributed by atoms with Gasteiger partial charge in [0.1, 0.15) is 0 Å². The third kappa shape index (κ3) is 4.43. The molecule has 1 amide bonds. The SMILES string of the molecule is CNCC(CC(C)C)N(OC)C(=O)O. The van der Waals surface area contributed by atoms with Gasteiger partial charge in [-0.2, -0.15) is 5.06 Å². The summed E-state index contributed by atoms with van der Waals surface area (Å²) in [6, 6.07) is -0.137. The third-order valence-electron chi connectivity index (χ3n) is 1.90. The maximum atomic E-state index is 10.8. The number of hydroxylamine groups is 2. The second kappa shape index (κ2) is 6.62. The summed E-state index contributed by atoms with van der Waals surface area (Å²) in [5, 5.41) is 12.8. The number of nitrogens with zero attached hydrogens (tertiary/aromatic N) is 1. The Morgan fingerprint density at radius 2 is 2.14 bits per heavy atom. The first-order valence-corrected chi connectivity index (χ1v) is 4.73. The summed E-state index contributed by atoms with van der Waals surface area (Å²) in [6.07, 6.45) is -0.269. The van der Waals surface area contributed by atoms with Gasteiger partial charge in [-0.25, -0.2) is 4.79 Å². The lowest BCUT2D eigenvalue weighted by molar-refractivity contribution is -0.133. The van der Waals surface area contributed by atoms with Crippen LogP contribution in [0.3, 0.4) is 0 Å². The van der Waals surface area contributed by atoms with E-state index >= 15 is 0 Å². The molecule has 0 spiro atoms. The molecule has 2 N–H and O–H groups in total. The first-order chi connectivity index (χ1) is 6.52. The Morgan fingerprint density at radius 1 is 1.57 bits per heavy atom. The number of hydrogen-bond acceptors (Lipinski definition) is 3. The van der Waals surface area contributed by atoms with E-state index in [-0.39, 0.29) is 6.04 Å². The van der Waals surface area contributed by atoms with Gasteiger partial charge in [-0.05, 0) is 19.4 Å². The van der Waals surface area contributed by atoms with Gasteiger partial charge in [-0.1, -0.05) is 13.8 Å². The molecule has 0 aliphatic carbocycles. The van der Waals surface area contributed by atoms with Crippen LogP contribution in [0.25, 0.3) is 0 Å². The van der Waals surface area contributed by atoms with Gasteiger partial charge in [0.15, 0.2) is 0 Å². The third-order valence-corrected chi connectivity index (χ3v) is 1.90. The maximum absolute atomic E-state index is 10.8. The first-order valence-electron chi connectivity index (χ1n) is 4.73. The van der Waals surface area contributed by atoms with Gasteiger partial charge < -0.3 is 10.4 Å². The fourth-order valence-corrected chi connectivity index (χ4v) is 1.43. The largest absolute Gasteiger partial charge is 0.463 e. The average Bonchev–Trinajstić information content (AvgIpc) is 2.03. The molecule has 84 valence electrons. The van der Waals surface area contributed by atoms with Crippen LogP contribution in [0, 0.1) is 5.92 Å². The summed E-state index contributed by atoms with van der Waals surface area (Å²) in [5.41, 5.74) is 0. The molecule has 1 unspecified atom stereocenters. The van der Waals surface area contributed by atoms with Crippen molar-refractivity contribution in [1.29, 1.82) is 0 Å². The lowest BCUT2D eigenvalue weighted by atomic mass is 10.0. The Hall–Kier alpha value is -0.810. The van der Waals surface area contributed by atoms with Gasteiger partial charge in [0.05, 0.1) is 13.2 Å². The maximum Gasteiger partial charge on any atom is 0.431 e. The summed E-state index contributed by atoms with van der Waals surface area (Å²) in [7, 11) is 3.17. The molecule has 1 atom stereocenters. The van der Waals surface area contributed by atoms with Crippen molar-refractivity contribution in [3.05, 3.63) is 0 Å². The minimum Gasteiger partial charge on any atom is -0.463 e. The molecule has 0 rings (SSSR count). The number of carbonyl (C=O) groups is 1. The molecular formula is C9H20N2O3. The van der Waals surface area contributed by atoms with E-state index in [1.807, 2.05) is 0 Å². The standard InChI is InChI=1S/C9H20N2O3/c1-7(2)5-8(6-10-3)11(14-4)9(12)13/h7-8,10H,5-6H2,1-4H3,(H,12,13). The summed E-state index contributed by atoms with van der Waals surface area (Å²) in [6.45, 7) is 4.70. The van der Waals surface area contributed by atoms with Gasteiger partial charge in [0.25, 0.3) is 0 Å². The van der Waals surface area contributed by atoms with Crippen LogP contribution >= 0.6 is 0 Å². The van der Waals surface area contributed by atoms with Crippen molar-refractivity contribution in [3.63, 3.8) is 0 Å². The molecule has 0 bridgehead atoms. The minimum atomic E-state index is -1.05. The summed E-state index contributed by atoms with van der Waals surface area (Å²) < 4.78 is 0. The van der Waals surface area contributed by atoms with Crippen molar-refractivity contribution in [2.45, 2.75) is 26.3 Å². The highest BCUT2D eigenvalue weighted by atomic mass is 16.7. The number of amides is 1. The van der Waals surface area contributed by atoms with Crippen molar-refractivity contribution in [3.8, 4) is 0 Å². The van der Waals surface area contributed by atoms with Crippen LogP contribution in [0.1, 0.15) is 20.3 Å². The highest BCUT2D eigenvalue weighted by Gasteiger charge is 2.23. The molecule has 5 heteroatoms. The fourth-order valence-electron chi connectivity index (χ4n) is 1.43. The van der Waals surface area contributed by atoms with E-state index in [0.29, 0.717) is 12.5 Å². The Balaban J connectivity index is 4.34. The highest BCUT2D eigenvalue weighted by molar-refractivity contribution is 5.64. The molecular weight excluding hydrogens is 184 g/mol. The Morgan fingerprint density at radius 3 is 2.43 bits per heavy atom. The monoisotopic (exact) mass is 204 g/mol. The van der Waals surface area contributed by atoms with E-state index in [9.17, 15) is 4.79 Å². The van der Waals surface area contributed by atoms with E-state index < -0.39 is 6.09 Å². The molecule has 5 nitrogen and oxygen atoms in total. The first kappa shape index (κ1) is 13.2. The molecule has 0 fully saturated rings. The molecule has 14 heavy (non-hydrogen) atoms. The van der Waals surface area contributed by atoms with Crippen molar-refractivity contribution < 1.29 is 14.7 Å². The zero-order valence-electron chi connectivity index (χ0n) is 9.28. The van der Waals surface area contributed by atoms with E-state index in [1.54, 1.807) is 7.05 Å². The zero-order chi connectivity index (χ0) is 11.1. The van der Waals surface area contributed by atoms with Gasteiger partial charge in [-0.3, -0.25) is 4.84 Å². The molecule has 0 aliphatic rings. The van der Waals surface area contributed by atoms with Gasteiger partial charge in [0, 0.05) is 6.54 Å². The van der Waals surface area contributed by atoms with Crippen molar-refractivity contribution in [2.24, 2.45) is 5.92 Å². The predicted octanol–water partition coefficient (Wildman–Crippen LogP) is 1.16. The number of likely N-dealkylation sites (N-methyl/N-ethyl adjacent to an activating group) is 1. The summed E-state index contributed by atoms with van der Waals surface area (Å²) in [5.74, 6) is 0.436. The van der Waals surface area contributed by atoms with Crippen molar-refractivity contribution in [1.82, 2.24) is 10.4 Å². The van der Waals surface area contributed by atoms with Gasteiger partial charge >= 0.3 is 6.09 Å².